The summed E-state index contributed by atoms with van der Waals surface area (Å²) in [5.41, 5.74) is 1.98. The van der Waals surface area contributed by atoms with Gasteiger partial charge in [-0.1, -0.05) is 29.8 Å². The number of ether oxygens (including phenoxy) is 1. The molecule has 0 amide bonds. The van der Waals surface area contributed by atoms with Gasteiger partial charge in [0.2, 0.25) is 0 Å². The van der Waals surface area contributed by atoms with Gasteiger partial charge in [-0.05, 0) is 36.8 Å². The molecule has 0 N–H and O–H groups in total. The molecule has 88 valence electrons. The van der Waals surface area contributed by atoms with Gasteiger partial charge in [-0.25, -0.2) is 0 Å². The third kappa shape index (κ3) is 2.93. The summed E-state index contributed by atoms with van der Waals surface area (Å²) in [6, 6.07) is 13.3. The zero-order chi connectivity index (χ0) is 12.3. The van der Waals surface area contributed by atoms with Crippen molar-refractivity contribution in [3.05, 3.63) is 58.6 Å². The van der Waals surface area contributed by atoms with Crippen molar-refractivity contribution in [3.8, 4) is 11.5 Å². The summed E-state index contributed by atoms with van der Waals surface area (Å²) in [5.74, 6) is 1.96. The number of benzene rings is 2. The first-order chi connectivity index (χ1) is 8.20. The zero-order valence-corrected chi connectivity index (χ0v) is 10.9. The monoisotopic (exact) mass is 266 g/mol. The Morgan fingerprint density at radius 1 is 1.06 bits per heavy atom. The minimum Gasteiger partial charge on any atom is -0.457 e. The number of rotatable bonds is 3. The van der Waals surface area contributed by atoms with Gasteiger partial charge in [0, 0.05) is 10.6 Å². The number of hydrogen-bond donors (Lipinski definition) is 0. The van der Waals surface area contributed by atoms with Crippen LogP contribution in [0.2, 0.25) is 5.02 Å². The van der Waals surface area contributed by atoms with Crippen LogP contribution in [0.3, 0.4) is 0 Å². The molecule has 0 aliphatic carbocycles. The lowest BCUT2D eigenvalue weighted by Crippen LogP contribution is -1.91. The molecular formula is C14H12Cl2O. The van der Waals surface area contributed by atoms with Crippen LogP contribution in [0.4, 0.5) is 0 Å². The number of para-hydroxylation sites is 1. The van der Waals surface area contributed by atoms with Gasteiger partial charge < -0.3 is 4.74 Å². The first-order valence-electron chi connectivity index (χ1n) is 5.28. The smallest absolute Gasteiger partial charge is 0.131 e. The van der Waals surface area contributed by atoms with Gasteiger partial charge in [-0.15, -0.1) is 11.6 Å². The lowest BCUT2D eigenvalue weighted by atomic mass is 10.2. The third-order valence-corrected chi connectivity index (χ3v) is 3.00. The molecule has 0 spiro atoms. The Bertz CT molecular complexity index is 523. The van der Waals surface area contributed by atoms with Gasteiger partial charge in [0.15, 0.2) is 0 Å². The highest BCUT2D eigenvalue weighted by Crippen LogP contribution is 2.30. The minimum absolute atomic E-state index is 0.377. The summed E-state index contributed by atoms with van der Waals surface area (Å²) in [5, 5.41) is 0.665. The van der Waals surface area contributed by atoms with Crippen LogP contribution < -0.4 is 4.74 Å². The van der Waals surface area contributed by atoms with E-state index in [1.165, 1.54) is 0 Å². The maximum atomic E-state index is 5.92. The predicted octanol–water partition coefficient (Wildman–Crippen LogP) is 5.18. The van der Waals surface area contributed by atoms with Crippen LogP contribution in [0.15, 0.2) is 42.5 Å². The molecule has 1 nitrogen and oxygen atoms in total. The molecule has 17 heavy (non-hydrogen) atoms. The lowest BCUT2D eigenvalue weighted by Gasteiger charge is -2.11. The third-order valence-electron chi connectivity index (χ3n) is 2.48. The second kappa shape index (κ2) is 5.44. The van der Waals surface area contributed by atoms with E-state index in [9.17, 15) is 0 Å². The summed E-state index contributed by atoms with van der Waals surface area (Å²) in [6.45, 7) is 2.01. The fraction of sp³-hybridized carbons (Fsp3) is 0.143. The Kier molecular flexibility index (Phi) is 3.93. The molecule has 2 aromatic carbocycles. The molecule has 0 radical (unpaired) electrons. The van der Waals surface area contributed by atoms with Crippen LogP contribution in [0.5, 0.6) is 11.5 Å². The molecular weight excluding hydrogens is 255 g/mol. The van der Waals surface area contributed by atoms with Gasteiger partial charge in [0.1, 0.15) is 11.5 Å². The molecule has 0 aliphatic rings. The van der Waals surface area contributed by atoms with Crippen molar-refractivity contribution in [1.29, 1.82) is 0 Å². The average molecular weight is 267 g/mol. The molecule has 2 aromatic rings. The Balaban J connectivity index is 2.33. The number of hydrogen-bond acceptors (Lipinski definition) is 1. The highest BCUT2D eigenvalue weighted by molar-refractivity contribution is 6.30. The summed E-state index contributed by atoms with van der Waals surface area (Å²) in [4.78, 5) is 0. The van der Waals surface area contributed by atoms with E-state index in [0.717, 1.165) is 22.6 Å². The van der Waals surface area contributed by atoms with Crippen molar-refractivity contribution in [1.82, 2.24) is 0 Å². The van der Waals surface area contributed by atoms with Crippen molar-refractivity contribution < 1.29 is 4.74 Å². The maximum Gasteiger partial charge on any atom is 0.131 e. The Morgan fingerprint density at radius 3 is 2.53 bits per heavy atom. The first kappa shape index (κ1) is 12.3. The topological polar surface area (TPSA) is 9.23 Å². The summed E-state index contributed by atoms with van der Waals surface area (Å²) >= 11 is 11.8. The van der Waals surface area contributed by atoms with Crippen LogP contribution in [0.1, 0.15) is 11.1 Å². The van der Waals surface area contributed by atoms with Crippen molar-refractivity contribution >= 4 is 23.2 Å². The van der Waals surface area contributed by atoms with Crippen molar-refractivity contribution in [3.63, 3.8) is 0 Å². The SMILES string of the molecule is Cc1ccccc1Oc1ccc(Cl)cc1CCl. The van der Waals surface area contributed by atoms with E-state index in [1.807, 2.05) is 43.3 Å². The van der Waals surface area contributed by atoms with Crippen LogP contribution >= 0.6 is 23.2 Å². The molecule has 0 unspecified atom stereocenters. The molecule has 0 aliphatic heterocycles. The number of halogens is 2. The van der Waals surface area contributed by atoms with E-state index >= 15 is 0 Å². The molecule has 3 heteroatoms. The fourth-order valence-electron chi connectivity index (χ4n) is 1.54. The van der Waals surface area contributed by atoms with E-state index in [-0.39, 0.29) is 0 Å². The molecule has 0 saturated heterocycles. The highest BCUT2D eigenvalue weighted by Gasteiger charge is 2.06. The summed E-state index contributed by atoms with van der Waals surface area (Å²) in [7, 11) is 0. The van der Waals surface area contributed by atoms with E-state index in [1.54, 1.807) is 6.07 Å². The van der Waals surface area contributed by atoms with Crippen molar-refractivity contribution in [2.45, 2.75) is 12.8 Å². The second-order valence-corrected chi connectivity index (χ2v) is 4.46. The predicted molar refractivity (Wildman–Crippen MR) is 72.3 cm³/mol. The van der Waals surface area contributed by atoms with Gasteiger partial charge in [-0.2, -0.15) is 0 Å². The van der Waals surface area contributed by atoms with E-state index < -0.39 is 0 Å². The Hall–Kier alpha value is -1.18. The lowest BCUT2D eigenvalue weighted by molar-refractivity contribution is 0.474. The molecule has 0 bridgehead atoms. The van der Waals surface area contributed by atoms with Crippen LogP contribution in [-0.4, -0.2) is 0 Å². The van der Waals surface area contributed by atoms with Crippen LogP contribution in [0.25, 0.3) is 0 Å². The molecule has 0 saturated carbocycles. The quantitative estimate of drug-likeness (QED) is 0.696. The van der Waals surface area contributed by atoms with Gasteiger partial charge >= 0.3 is 0 Å². The van der Waals surface area contributed by atoms with Gasteiger partial charge in [-0.3, -0.25) is 0 Å². The second-order valence-electron chi connectivity index (χ2n) is 3.75. The summed E-state index contributed by atoms with van der Waals surface area (Å²) in [6.07, 6.45) is 0. The van der Waals surface area contributed by atoms with Gasteiger partial charge in [0.05, 0.1) is 5.88 Å². The largest absolute Gasteiger partial charge is 0.457 e. The van der Waals surface area contributed by atoms with Crippen molar-refractivity contribution in [2.75, 3.05) is 0 Å². The summed E-state index contributed by atoms with van der Waals surface area (Å²) < 4.78 is 5.84. The van der Waals surface area contributed by atoms with Crippen molar-refractivity contribution in [2.24, 2.45) is 0 Å². The number of alkyl halides is 1. The Labute approximate surface area is 111 Å². The average Bonchev–Trinajstić information content (AvgIpc) is 2.34. The minimum atomic E-state index is 0.377. The molecule has 2 rings (SSSR count). The van der Waals surface area contributed by atoms with Gasteiger partial charge in [0.25, 0.3) is 0 Å². The standard InChI is InChI=1S/C14H12Cl2O/c1-10-4-2-3-5-13(10)17-14-7-6-12(16)8-11(14)9-15/h2-8H,9H2,1H3. The zero-order valence-electron chi connectivity index (χ0n) is 9.41. The van der Waals surface area contributed by atoms with E-state index in [0.29, 0.717) is 10.9 Å². The molecule has 0 aromatic heterocycles. The van der Waals surface area contributed by atoms with Crippen LogP contribution in [0, 0.1) is 6.92 Å². The van der Waals surface area contributed by atoms with E-state index in [2.05, 4.69) is 0 Å². The molecule has 0 atom stereocenters. The normalized spacial score (nSPS) is 10.3. The molecule has 0 heterocycles. The van der Waals surface area contributed by atoms with E-state index in [4.69, 9.17) is 27.9 Å². The maximum absolute atomic E-state index is 5.92. The first-order valence-corrected chi connectivity index (χ1v) is 6.20. The van der Waals surface area contributed by atoms with Crippen LogP contribution in [-0.2, 0) is 5.88 Å². The molecule has 0 fully saturated rings. The fourth-order valence-corrected chi connectivity index (χ4v) is 1.94. The Morgan fingerprint density at radius 2 is 1.82 bits per heavy atom. The highest BCUT2D eigenvalue weighted by atomic mass is 35.5. The number of aryl methyl sites for hydroxylation is 1.